The van der Waals surface area contributed by atoms with Crippen molar-refractivity contribution >= 4 is 17.6 Å². The molecule has 1 aliphatic heterocycles. The Morgan fingerprint density at radius 2 is 1.77 bits per heavy atom. The summed E-state index contributed by atoms with van der Waals surface area (Å²) in [6.45, 7) is 3.65. The van der Waals surface area contributed by atoms with Crippen molar-refractivity contribution in [3.63, 3.8) is 0 Å². The molecule has 0 bridgehead atoms. The maximum atomic E-state index is 13.1. The summed E-state index contributed by atoms with van der Waals surface area (Å²) in [5.74, 6) is -0.257. The van der Waals surface area contributed by atoms with E-state index in [1.165, 1.54) is 5.56 Å². The van der Waals surface area contributed by atoms with Gasteiger partial charge in [0.25, 0.3) is 5.91 Å². The molecule has 0 aromatic heterocycles. The van der Waals surface area contributed by atoms with Gasteiger partial charge < -0.3 is 20.1 Å². The molecule has 0 fully saturated rings. The number of carboxylic acid groups (broad SMARTS) is 1. The van der Waals surface area contributed by atoms with Crippen LogP contribution in [0.4, 0.5) is 5.69 Å². The smallest absolute Gasteiger partial charge is 0.336 e. The maximum Gasteiger partial charge on any atom is 0.336 e. The van der Waals surface area contributed by atoms with Gasteiger partial charge in [-0.3, -0.25) is 4.79 Å². The summed E-state index contributed by atoms with van der Waals surface area (Å²) in [6.07, 6.45) is 1.95. The zero-order valence-corrected chi connectivity index (χ0v) is 22.2. The predicted molar refractivity (Wildman–Crippen MR) is 154 cm³/mol. The van der Waals surface area contributed by atoms with Crippen LogP contribution < -0.4 is 15.0 Å². The third-order valence-corrected chi connectivity index (χ3v) is 7.29. The summed E-state index contributed by atoms with van der Waals surface area (Å²) in [5.41, 5.74) is 7.02. The van der Waals surface area contributed by atoms with E-state index in [4.69, 9.17) is 4.74 Å². The molecule has 4 aromatic rings. The lowest BCUT2D eigenvalue weighted by Gasteiger charge is -2.32. The van der Waals surface area contributed by atoms with E-state index >= 15 is 0 Å². The highest BCUT2D eigenvalue weighted by atomic mass is 16.5. The largest absolute Gasteiger partial charge is 0.497 e. The Balaban J connectivity index is 1.28. The van der Waals surface area contributed by atoms with Crippen LogP contribution in [0.15, 0.2) is 91.0 Å². The van der Waals surface area contributed by atoms with Gasteiger partial charge in [-0.25, -0.2) is 4.79 Å². The fraction of sp³-hybridized carbons (Fsp3) is 0.212. The molecule has 1 unspecified atom stereocenters. The minimum Gasteiger partial charge on any atom is -0.497 e. The molecule has 198 valence electrons. The summed E-state index contributed by atoms with van der Waals surface area (Å²) in [6, 6.07) is 28.7. The van der Waals surface area contributed by atoms with Gasteiger partial charge in [-0.1, -0.05) is 54.6 Å². The number of hydrogen-bond acceptors (Lipinski definition) is 4. The fourth-order valence-electron chi connectivity index (χ4n) is 5.19. The Morgan fingerprint density at radius 1 is 0.974 bits per heavy atom. The van der Waals surface area contributed by atoms with Crippen LogP contribution in [0.1, 0.15) is 56.8 Å². The summed E-state index contributed by atoms with van der Waals surface area (Å²) < 4.78 is 5.31. The van der Waals surface area contributed by atoms with Gasteiger partial charge in [0.1, 0.15) is 5.75 Å². The number of methoxy groups -OCH3 is 1. The minimum atomic E-state index is -0.928. The number of carbonyl (C=O) groups excluding carboxylic acids is 1. The molecule has 39 heavy (non-hydrogen) atoms. The number of benzene rings is 4. The van der Waals surface area contributed by atoms with Crippen LogP contribution in [-0.4, -0.2) is 30.6 Å². The van der Waals surface area contributed by atoms with Crippen LogP contribution in [0.3, 0.4) is 0 Å². The molecule has 6 heteroatoms. The molecule has 0 saturated carbocycles. The molecule has 1 aliphatic rings. The van der Waals surface area contributed by atoms with Crippen molar-refractivity contribution in [3.8, 4) is 16.9 Å². The lowest BCUT2D eigenvalue weighted by atomic mass is 9.97. The second-order valence-electron chi connectivity index (χ2n) is 9.89. The third kappa shape index (κ3) is 5.80. The van der Waals surface area contributed by atoms with E-state index in [0.29, 0.717) is 16.7 Å². The molecule has 4 aromatic carbocycles. The van der Waals surface area contributed by atoms with Crippen molar-refractivity contribution < 1.29 is 19.4 Å². The second-order valence-corrected chi connectivity index (χ2v) is 9.89. The van der Waals surface area contributed by atoms with E-state index in [0.717, 1.165) is 54.1 Å². The normalized spacial score (nSPS) is 13.3. The number of carboxylic acids is 1. The van der Waals surface area contributed by atoms with Crippen LogP contribution >= 0.6 is 0 Å². The number of aromatic carboxylic acids is 1. The summed E-state index contributed by atoms with van der Waals surface area (Å²) in [7, 11) is 1.63. The van der Waals surface area contributed by atoms with Gasteiger partial charge in [0, 0.05) is 24.3 Å². The van der Waals surface area contributed by atoms with Crippen molar-refractivity contribution in [2.24, 2.45) is 0 Å². The Kier molecular flexibility index (Phi) is 7.64. The fourth-order valence-corrected chi connectivity index (χ4v) is 5.19. The van der Waals surface area contributed by atoms with E-state index in [2.05, 4.69) is 28.4 Å². The first-order chi connectivity index (χ1) is 18.9. The number of nitrogens with zero attached hydrogens (tertiary/aromatic N) is 1. The topological polar surface area (TPSA) is 78.9 Å². The van der Waals surface area contributed by atoms with Crippen LogP contribution in [0, 0.1) is 0 Å². The molecule has 5 rings (SSSR count). The SMILES string of the molecule is COc1cccc(C(C)NC(=O)c2ccc3c(c2)CCCN3Cc2ccc(-c3ccccc3C(=O)O)cc2)c1. The number of hydrogen-bond donors (Lipinski definition) is 2. The van der Waals surface area contributed by atoms with Crippen LogP contribution in [-0.2, 0) is 13.0 Å². The lowest BCUT2D eigenvalue weighted by molar-refractivity contribution is 0.0697. The summed E-state index contributed by atoms with van der Waals surface area (Å²) in [5, 5.41) is 12.6. The Bertz CT molecular complexity index is 1500. The van der Waals surface area contributed by atoms with Crippen molar-refractivity contribution in [2.45, 2.75) is 32.4 Å². The first kappa shape index (κ1) is 26.0. The molecule has 6 nitrogen and oxygen atoms in total. The standard InChI is InChI=1S/C33H32N2O4/c1-22(25-7-5-9-28(20-25)39-2)34-32(36)27-16-17-31-26(19-27)8-6-18-35(31)21-23-12-14-24(15-13-23)29-10-3-4-11-30(29)33(37)38/h3-5,7,9-17,19-20,22H,6,8,18,21H2,1-2H3,(H,34,36)(H,37,38). The van der Waals surface area contributed by atoms with Crippen molar-refractivity contribution in [2.75, 3.05) is 18.6 Å². The van der Waals surface area contributed by atoms with E-state index in [1.807, 2.05) is 67.6 Å². The van der Waals surface area contributed by atoms with E-state index in [1.54, 1.807) is 19.2 Å². The van der Waals surface area contributed by atoms with E-state index < -0.39 is 5.97 Å². The average Bonchev–Trinajstić information content (AvgIpc) is 2.97. The molecule has 1 atom stereocenters. The molecule has 2 N–H and O–H groups in total. The Labute approximate surface area is 228 Å². The van der Waals surface area contributed by atoms with Crippen molar-refractivity contribution in [1.82, 2.24) is 5.32 Å². The molecule has 0 saturated heterocycles. The first-order valence-corrected chi connectivity index (χ1v) is 13.2. The molecule has 0 aliphatic carbocycles. The molecule has 0 radical (unpaired) electrons. The zero-order valence-electron chi connectivity index (χ0n) is 22.2. The van der Waals surface area contributed by atoms with Gasteiger partial charge in [0.05, 0.1) is 18.7 Å². The molecule has 0 spiro atoms. The highest BCUT2D eigenvalue weighted by Crippen LogP contribution is 2.31. The number of nitrogens with one attached hydrogen (secondary N) is 1. The third-order valence-electron chi connectivity index (χ3n) is 7.29. The van der Waals surface area contributed by atoms with Crippen LogP contribution in [0.25, 0.3) is 11.1 Å². The van der Waals surface area contributed by atoms with E-state index in [9.17, 15) is 14.7 Å². The second kappa shape index (κ2) is 11.4. The number of ether oxygens (including phenoxy) is 1. The molecule has 1 heterocycles. The highest BCUT2D eigenvalue weighted by molar-refractivity contribution is 5.96. The van der Waals surface area contributed by atoms with Crippen LogP contribution in [0.5, 0.6) is 5.75 Å². The van der Waals surface area contributed by atoms with Crippen molar-refractivity contribution in [3.05, 3.63) is 119 Å². The van der Waals surface area contributed by atoms with Gasteiger partial charge >= 0.3 is 5.97 Å². The van der Waals surface area contributed by atoms with Crippen LogP contribution in [0.2, 0.25) is 0 Å². The van der Waals surface area contributed by atoms with Gasteiger partial charge in [-0.2, -0.15) is 0 Å². The quantitative estimate of drug-likeness (QED) is 0.277. The van der Waals surface area contributed by atoms with Crippen molar-refractivity contribution in [1.29, 1.82) is 0 Å². The molecule has 1 amide bonds. The summed E-state index contributed by atoms with van der Waals surface area (Å²) in [4.78, 5) is 27.0. The first-order valence-electron chi connectivity index (χ1n) is 13.2. The monoisotopic (exact) mass is 520 g/mol. The number of anilines is 1. The zero-order chi connectivity index (χ0) is 27.4. The van der Waals surface area contributed by atoms with Gasteiger partial charge in [0.2, 0.25) is 0 Å². The lowest BCUT2D eigenvalue weighted by Crippen LogP contribution is -2.30. The maximum absolute atomic E-state index is 13.1. The number of rotatable bonds is 8. The number of amides is 1. The van der Waals surface area contributed by atoms with Gasteiger partial charge in [0.15, 0.2) is 0 Å². The average molecular weight is 521 g/mol. The molecular formula is C33H32N2O4. The predicted octanol–water partition coefficient (Wildman–Crippen LogP) is 6.50. The number of fused-ring (bicyclic) bond motifs is 1. The number of aryl methyl sites for hydroxylation is 1. The Hall–Kier alpha value is -4.58. The number of carbonyl (C=O) groups is 2. The van der Waals surface area contributed by atoms with Gasteiger partial charge in [-0.15, -0.1) is 0 Å². The highest BCUT2D eigenvalue weighted by Gasteiger charge is 2.20. The summed E-state index contributed by atoms with van der Waals surface area (Å²) >= 11 is 0. The van der Waals surface area contributed by atoms with E-state index in [-0.39, 0.29) is 11.9 Å². The molecular weight excluding hydrogens is 488 g/mol. The minimum absolute atomic E-state index is 0.0949. The Morgan fingerprint density at radius 3 is 2.54 bits per heavy atom. The van der Waals surface area contributed by atoms with Gasteiger partial charge in [-0.05, 0) is 84.0 Å².